The Kier molecular flexibility index (Phi) is 4.18. The molecule has 0 saturated heterocycles. The molecule has 2 rings (SSSR count). The van der Waals surface area contributed by atoms with Crippen molar-refractivity contribution in [2.45, 2.75) is 20.0 Å². The summed E-state index contributed by atoms with van der Waals surface area (Å²) in [6.45, 7) is 2.52. The predicted octanol–water partition coefficient (Wildman–Crippen LogP) is 3.20. The standard InChI is InChI=1S/C16H16O3/c1-12-2-8-15(9-3-12)19-11-14-6-4-13(5-7-14)10-16(17)18/h2-9H,10-11H2,1H3,(H,17,18). The molecular formula is C16H16O3. The summed E-state index contributed by atoms with van der Waals surface area (Å²) in [6, 6.07) is 15.3. The van der Waals surface area contributed by atoms with Gasteiger partial charge in [0.15, 0.2) is 0 Å². The van der Waals surface area contributed by atoms with E-state index in [2.05, 4.69) is 0 Å². The number of benzene rings is 2. The minimum Gasteiger partial charge on any atom is -0.489 e. The van der Waals surface area contributed by atoms with Gasteiger partial charge in [0.25, 0.3) is 0 Å². The van der Waals surface area contributed by atoms with E-state index in [9.17, 15) is 4.79 Å². The van der Waals surface area contributed by atoms with Crippen LogP contribution in [0.3, 0.4) is 0 Å². The maximum absolute atomic E-state index is 10.6. The van der Waals surface area contributed by atoms with Crippen LogP contribution in [0.4, 0.5) is 0 Å². The van der Waals surface area contributed by atoms with E-state index in [1.165, 1.54) is 5.56 Å². The molecule has 1 N–H and O–H groups in total. The van der Waals surface area contributed by atoms with Crippen LogP contribution in [0.2, 0.25) is 0 Å². The van der Waals surface area contributed by atoms with Crippen molar-refractivity contribution in [1.29, 1.82) is 0 Å². The van der Waals surface area contributed by atoms with Gasteiger partial charge in [-0.3, -0.25) is 4.79 Å². The summed E-state index contributed by atoms with van der Waals surface area (Å²) in [4.78, 5) is 10.6. The smallest absolute Gasteiger partial charge is 0.307 e. The topological polar surface area (TPSA) is 46.5 Å². The van der Waals surface area contributed by atoms with E-state index in [4.69, 9.17) is 9.84 Å². The molecule has 3 nitrogen and oxygen atoms in total. The van der Waals surface area contributed by atoms with Crippen LogP contribution in [0.25, 0.3) is 0 Å². The second-order valence-corrected chi connectivity index (χ2v) is 4.49. The highest BCUT2D eigenvalue weighted by atomic mass is 16.5. The van der Waals surface area contributed by atoms with E-state index in [0.717, 1.165) is 16.9 Å². The van der Waals surface area contributed by atoms with Crippen LogP contribution >= 0.6 is 0 Å². The number of carboxylic acids is 1. The van der Waals surface area contributed by atoms with Gasteiger partial charge in [-0.1, -0.05) is 42.0 Å². The molecule has 0 atom stereocenters. The zero-order valence-electron chi connectivity index (χ0n) is 10.8. The highest BCUT2D eigenvalue weighted by Gasteiger charge is 2.01. The van der Waals surface area contributed by atoms with Gasteiger partial charge in [0.1, 0.15) is 12.4 Å². The predicted molar refractivity (Wildman–Crippen MR) is 73.3 cm³/mol. The number of ether oxygens (including phenoxy) is 1. The molecular weight excluding hydrogens is 240 g/mol. The lowest BCUT2D eigenvalue weighted by Crippen LogP contribution is -2.00. The van der Waals surface area contributed by atoms with E-state index in [0.29, 0.717) is 6.61 Å². The van der Waals surface area contributed by atoms with E-state index >= 15 is 0 Å². The van der Waals surface area contributed by atoms with Crippen LogP contribution in [0.5, 0.6) is 5.75 Å². The van der Waals surface area contributed by atoms with E-state index in [1.807, 2.05) is 55.5 Å². The summed E-state index contributed by atoms with van der Waals surface area (Å²) in [5.74, 6) is 0.0175. The van der Waals surface area contributed by atoms with Gasteiger partial charge < -0.3 is 9.84 Å². The van der Waals surface area contributed by atoms with Crippen molar-refractivity contribution in [1.82, 2.24) is 0 Å². The third-order valence-corrected chi connectivity index (χ3v) is 2.80. The number of carboxylic acid groups (broad SMARTS) is 1. The van der Waals surface area contributed by atoms with Crippen LogP contribution in [0, 0.1) is 6.92 Å². The lowest BCUT2D eigenvalue weighted by atomic mass is 10.1. The fraction of sp³-hybridized carbons (Fsp3) is 0.188. The first kappa shape index (κ1) is 13.1. The first-order valence-corrected chi connectivity index (χ1v) is 6.12. The molecule has 2 aromatic rings. The van der Waals surface area contributed by atoms with Gasteiger partial charge in [-0.15, -0.1) is 0 Å². The highest BCUT2D eigenvalue weighted by Crippen LogP contribution is 2.14. The summed E-state index contributed by atoms with van der Waals surface area (Å²) in [7, 11) is 0. The second kappa shape index (κ2) is 6.05. The lowest BCUT2D eigenvalue weighted by Gasteiger charge is -2.07. The Hall–Kier alpha value is -2.29. The fourth-order valence-corrected chi connectivity index (χ4v) is 1.73. The van der Waals surface area contributed by atoms with E-state index in [1.54, 1.807) is 0 Å². The number of carbonyl (C=O) groups is 1. The highest BCUT2D eigenvalue weighted by molar-refractivity contribution is 5.70. The second-order valence-electron chi connectivity index (χ2n) is 4.49. The third kappa shape index (κ3) is 4.14. The number of aliphatic carboxylic acids is 1. The Morgan fingerprint density at radius 1 is 1.00 bits per heavy atom. The zero-order chi connectivity index (χ0) is 13.7. The molecule has 0 radical (unpaired) electrons. The first-order chi connectivity index (χ1) is 9.13. The maximum Gasteiger partial charge on any atom is 0.307 e. The average molecular weight is 256 g/mol. The first-order valence-electron chi connectivity index (χ1n) is 6.12. The molecule has 3 heteroatoms. The fourth-order valence-electron chi connectivity index (χ4n) is 1.73. The number of hydrogen-bond acceptors (Lipinski definition) is 2. The van der Waals surface area contributed by atoms with Crippen molar-refractivity contribution in [2.75, 3.05) is 0 Å². The SMILES string of the molecule is Cc1ccc(OCc2ccc(CC(=O)O)cc2)cc1. The molecule has 2 aromatic carbocycles. The molecule has 0 unspecified atom stereocenters. The Bertz CT molecular complexity index is 541. The molecule has 0 bridgehead atoms. The molecule has 19 heavy (non-hydrogen) atoms. The van der Waals surface area contributed by atoms with Crippen molar-refractivity contribution < 1.29 is 14.6 Å². The molecule has 0 amide bonds. The minimum absolute atomic E-state index is 0.0547. The molecule has 0 fully saturated rings. The van der Waals surface area contributed by atoms with E-state index in [-0.39, 0.29) is 6.42 Å². The van der Waals surface area contributed by atoms with Gasteiger partial charge in [0, 0.05) is 0 Å². The average Bonchev–Trinajstić information content (AvgIpc) is 2.39. The molecule has 0 spiro atoms. The molecule has 0 aliphatic rings. The Balaban J connectivity index is 1.92. The summed E-state index contributed by atoms with van der Waals surface area (Å²) >= 11 is 0. The quantitative estimate of drug-likeness (QED) is 0.893. The normalized spacial score (nSPS) is 10.2. The Labute approximate surface area is 112 Å². The molecule has 0 aromatic heterocycles. The zero-order valence-corrected chi connectivity index (χ0v) is 10.8. The van der Waals surface area contributed by atoms with Gasteiger partial charge in [-0.05, 0) is 30.2 Å². The number of aryl methyl sites for hydroxylation is 1. The third-order valence-electron chi connectivity index (χ3n) is 2.80. The van der Waals surface area contributed by atoms with Gasteiger partial charge in [-0.2, -0.15) is 0 Å². The van der Waals surface area contributed by atoms with Crippen LogP contribution in [-0.2, 0) is 17.8 Å². The van der Waals surface area contributed by atoms with Gasteiger partial charge in [-0.25, -0.2) is 0 Å². The number of hydrogen-bond donors (Lipinski definition) is 1. The molecule has 0 aliphatic heterocycles. The number of rotatable bonds is 5. The van der Waals surface area contributed by atoms with Gasteiger partial charge >= 0.3 is 5.97 Å². The van der Waals surface area contributed by atoms with Crippen LogP contribution in [0.15, 0.2) is 48.5 Å². The van der Waals surface area contributed by atoms with Crippen LogP contribution in [0.1, 0.15) is 16.7 Å². The summed E-state index contributed by atoms with van der Waals surface area (Å²) < 4.78 is 5.65. The maximum atomic E-state index is 10.6. The van der Waals surface area contributed by atoms with E-state index < -0.39 is 5.97 Å². The van der Waals surface area contributed by atoms with Gasteiger partial charge in [0.05, 0.1) is 6.42 Å². The van der Waals surface area contributed by atoms with Crippen LogP contribution in [-0.4, -0.2) is 11.1 Å². The van der Waals surface area contributed by atoms with Crippen molar-refractivity contribution in [3.05, 3.63) is 65.2 Å². The van der Waals surface area contributed by atoms with Crippen molar-refractivity contribution in [3.63, 3.8) is 0 Å². The molecule has 98 valence electrons. The lowest BCUT2D eigenvalue weighted by molar-refractivity contribution is -0.136. The monoisotopic (exact) mass is 256 g/mol. The molecule has 0 aliphatic carbocycles. The Morgan fingerprint density at radius 2 is 1.58 bits per heavy atom. The van der Waals surface area contributed by atoms with Crippen LogP contribution < -0.4 is 4.74 Å². The molecule has 0 heterocycles. The Morgan fingerprint density at radius 3 is 2.16 bits per heavy atom. The minimum atomic E-state index is -0.816. The summed E-state index contributed by atoms with van der Waals surface area (Å²) in [5.41, 5.74) is 3.02. The van der Waals surface area contributed by atoms with Crippen molar-refractivity contribution in [3.8, 4) is 5.75 Å². The largest absolute Gasteiger partial charge is 0.489 e. The summed E-state index contributed by atoms with van der Waals surface area (Å²) in [6.07, 6.45) is 0.0547. The molecule has 0 saturated carbocycles. The van der Waals surface area contributed by atoms with Crippen molar-refractivity contribution in [2.24, 2.45) is 0 Å². The summed E-state index contributed by atoms with van der Waals surface area (Å²) in [5, 5.41) is 8.69. The van der Waals surface area contributed by atoms with Crippen molar-refractivity contribution >= 4 is 5.97 Å². The van der Waals surface area contributed by atoms with Gasteiger partial charge in [0.2, 0.25) is 0 Å².